The fourth-order valence-corrected chi connectivity index (χ4v) is 4.76. The second-order valence-corrected chi connectivity index (χ2v) is 7.84. The molecule has 1 amide bonds. The average molecular weight is 407 g/mol. The lowest BCUT2D eigenvalue weighted by Crippen LogP contribution is -2.35. The smallest absolute Gasteiger partial charge is 0.290 e. The Morgan fingerprint density at radius 1 is 1.27 bits per heavy atom. The number of benzene rings is 1. The molecule has 5 rings (SSSR count). The molecule has 2 saturated heterocycles. The topological polar surface area (TPSA) is 100 Å². The number of hydrogen-bond acceptors (Lipinski definition) is 5. The van der Waals surface area contributed by atoms with Crippen LogP contribution in [0.3, 0.4) is 0 Å². The van der Waals surface area contributed by atoms with Gasteiger partial charge in [0.25, 0.3) is 12.4 Å². The highest BCUT2D eigenvalue weighted by Gasteiger charge is 2.47. The van der Waals surface area contributed by atoms with E-state index >= 15 is 0 Å². The van der Waals surface area contributed by atoms with Crippen molar-refractivity contribution in [1.29, 1.82) is 0 Å². The molecular formula is C22H25N5O3. The van der Waals surface area contributed by atoms with Crippen molar-refractivity contribution in [3.63, 3.8) is 0 Å². The van der Waals surface area contributed by atoms with Gasteiger partial charge < -0.3 is 15.3 Å². The van der Waals surface area contributed by atoms with Crippen molar-refractivity contribution in [2.24, 2.45) is 18.9 Å². The van der Waals surface area contributed by atoms with Gasteiger partial charge >= 0.3 is 0 Å². The van der Waals surface area contributed by atoms with Crippen LogP contribution in [0.15, 0.2) is 42.7 Å². The third-order valence-electron chi connectivity index (χ3n) is 6.18. The first kappa shape index (κ1) is 20.0. The summed E-state index contributed by atoms with van der Waals surface area (Å²) in [5.41, 5.74) is 4.84. The molecule has 2 aliphatic heterocycles. The number of nitrogens with one attached hydrogen (secondary N) is 1. The highest BCUT2D eigenvalue weighted by molar-refractivity contribution is 5.97. The van der Waals surface area contributed by atoms with Gasteiger partial charge in [0.15, 0.2) is 0 Å². The van der Waals surface area contributed by atoms with E-state index in [0.717, 1.165) is 30.7 Å². The normalized spacial score (nSPS) is 22.5. The largest absolute Gasteiger partial charge is 0.483 e. The first-order valence-corrected chi connectivity index (χ1v) is 9.98. The van der Waals surface area contributed by atoms with E-state index in [0.29, 0.717) is 17.4 Å². The molecule has 0 saturated carbocycles. The number of aromatic nitrogens is 3. The zero-order valence-electron chi connectivity index (χ0n) is 17.0. The number of pyridine rings is 1. The minimum absolute atomic E-state index is 0.0632. The van der Waals surface area contributed by atoms with Crippen LogP contribution in [0.25, 0.3) is 11.0 Å². The van der Waals surface area contributed by atoms with Gasteiger partial charge in [-0.15, -0.1) is 0 Å². The van der Waals surface area contributed by atoms with Crippen molar-refractivity contribution in [1.82, 2.24) is 25.0 Å². The van der Waals surface area contributed by atoms with Crippen molar-refractivity contribution >= 4 is 23.4 Å². The lowest BCUT2D eigenvalue weighted by atomic mass is 9.87. The lowest BCUT2D eigenvalue weighted by Gasteiger charge is -2.29. The second-order valence-electron chi connectivity index (χ2n) is 7.84. The molecule has 8 nitrogen and oxygen atoms in total. The molecule has 4 heterocycles. The van der Waals surface area contributed by atoms with Gasteiger partial charge in [0.05, 0.1) is 23.3 Å². The highest BCUT2D eigenvalue weighted by atomic mass is 16.3. The number of nitrogens with zero attached hydrogens (tertiary/aromatic N) is 4. The van der Waals surface area contributed by atoms with Crippen LogP contribution in [-0.2, 0) is 11.8 Å². The van der Waals surface area contributed by atoms with E-state index in [1.165, 1.54) is 11.1 Å². The van der Waals surface area contributed by atoms with E-state index in [1.54, 1.807) is 17.1 Å². The third-order valence-corrected chi connectivity index (χ3v) is 6.18. The minimum Gasteiger partial charge on any atom is -0.483 e. The molecule has 0 bridgehead atoms. The zero-order chi connectivity index (χ0) is 21.3. The summed E-state index contributed by atoms with van der Waals surface area (Å²) in [5.74, 6) is 1.03. The molecule has 0 spiro atoms. The standard InChI is InChI=1S/C21H23N5O.CH2O2/c1-13-5-3-4-6-16(13)20-17-10-22-8-15(17)12-26(20)21(27)14-7-19-18(23-9-14)11-24-25(19)2;2-1-3/h3-7,9,11,15,17,20,22H,8,10,12H2,1-2H3;1H,(H,2,3)/t15-,17-,20-;/m0./s1. The molecule has 3 atom stereocenters. The Balaban J connectivity index is 0.000000687. The van der Waals surface area contributed by atoms with Crippen LogP contribution in [-0.4, -0.2) is 56.8 Å². The summed E-state index contributed by atoms with van der Waals surface area (Å²) in [4.78, 5) is 28.4. The maximum atomic E-state index is 13.5. The number of likely N-dealkylation sites (tertiary alicyclic amines) is 1. The summed E-state index contributed by atoms with van der Waals surface area (Å²) in [6, 6.07) is 10.5. The van der Waals surface area contributed by atoms with E-state index in [2.05, 4.69) is 51.5 Å². The maximum Gasteiger partial charge on any atom is 0.290 e. The van der Waals surface area contributed by atoms with Crippen LogP contribution < -0.4 is 5.32 Å². The van der Waals surface area contributed by atoms with Crippen LogP contribution in [0.2, 0.25) is 0 Å². The van der Waals surface area contributed by atoms with Crippen LogP contribution in [0.5, 0.6) is 0 Å². The van der Waals surface area contributed by atoms with E-state index in [9.17, 15) is 4.79 Å². The third kappa shape index (κ3) is 3.43. The number of aryl methyl sites for hydroxylation is 2. The van der Waals surface area contributed by atoms with Gasteiger partial charge in [0.1, 0.15) is 5.52 Å². The fourth-order valence-electron chi connectivity index (χ4n) is 4.76. The zero-order valence-corrected chi connectivity index (χ0v) is 17.0. The van der Waals surface area contributed by atoms with Gasteiger partial charge in [-0.25, -0.2) is 0 Å². The average Bonchev–Trinajstić information content (AvgIpc) is 3.43. The van der Waals surface area contributed by atoms with Crippen LogP contribution in [0.1, 0.15) is 27.5 Å². The Morgan fingerprint density at radius 3 is 2.80 bits per heavy atom. The number of amides is 1. The molecular weight excluding hydrogens is 382 g/mol. The summed E-state index contributed by atoms with van der Waals surface area (Å²) < 4.78 is 1.76. The molecule has 2 N–H and O–H groups in total. The van der Waals surface area contributed by atoms with Crippen molar-refractivity contribution in [2.75, 3.05) is 19.6 Å². The SMILES string of the molecule is Cc1ccccc1[C@H]1[C@H]2CNC[C@H]2CN1C(=O)c1cnc2cnn(C)c2c1.O=CO. The second kappa shape index (κ2) is 8.23. The molecule has 3 aromatic rings. The first-order chi connectivity index (χ1) is 14.5. The molecule has 2 aliphatic rings. The maximum absolute atomic E-state index is 13.5. The van der Waals surface area contributed by atoms with Gasteiger partial charge in [-0.05, 0) is 30.0 Å². The van der Waals surface area contributed by atoms with Crippen LogP contribution in [0.4, 0.5) is 0 Å². The molecule has 2 aromatic heterocycles. The Bertz CT molecular complexity index is 1080. The quantitative estimate of drug-likeness (QED) is 0.631. The summed E-state index contributed by atoms with van der Waals surface area (Å²) in [5, 5.41) is 14.6. The molecule has 156 valence electrons. The van der Waals surface area contributed by atoms with E-state index in [4.69, 9.17) is 9.90 Å². The highest BCUT2D eigenvalue weighted by Crippen LogP contribution is 2.44. The van der Waals surface area contributed by atoms with Crippen LogP contribution in [0, 0.1) is 18.8 Å². The Hall–Kier alpha value is -3.26. The monoisotopic (exact) mass is 407 g/mol. The summed E-state index contributed by atoms with van der Waals surface area (Å²) in [6.07, 6.45) is 3.42. The molecule has 30 heavy (non-hydrogen) atoms. The number of rotatable bonds is 2. The van der Waals surface area contributed by atoms with Gasteiger partial charge in [-0.3, -0.25) is 19.3 Å². The summed E-state index contributed by atoms with van der Waals surface area (Å²) in [6.45, 7) is 4.62. The van der Waals surface area contributed by atoms with Crippen LogP contribution >= 0.6 is 0 Å². The van der Waals surface area contributed by atoms with Crippen molar-refractivity contribution < 1.29 is 14.7 Å². The Labute approximate surface area is 174 Å². The number of carbonyl (C=O) groups excluding carboxylic acids is 1. The number of carboxylic acid groups (broad SMARTS) is 1. The van der Waals surface area contributed by atoms with Crippen molar-refractivity contribution in [3.05, 3.63) is 59.4 Å². The van der Waals surface area contributed by atoms with Gasteiger partial charge in [0, 0.05) is 38.8 Å². The predicted molar refractivity (Wildman–Crippen MR) is 112 cm³/mol. The van der Waals surface area contributed by atoms with Crippen molar-refractivity contribution in [2.45, 2.75) is 13.0 Å². The minimum atomic E-state index is -0.250. The fraction of sp³-hybridized carbons (Fsp3) is 0.364. The van der Waals surface area contributed by atoms with E-state index < -0.39 is 0 Å². The Morgan fingerprint density at radius 2 is 2.03 bits per heavy atom. The summed E-state index contributed by atoms with van der Waals surface area (Å²) in [7, 11) is 1.88. The molecule has 2 fully saturated rings. The number of fused-ring (bicyclic) bond motifs is 2. The molecule has 1 aromatic carbocycles. The molecule has 0 aliphatic carbocycles. The predicted octanol–water partition coefficient (Wildman–Crippen LogP) is 2.01. The van der Waals surface area contributed by atoms with Gasteiger partial charge in [0.2, 0.25) is 0 Å². The van der Waals surface area contributed by atoms with E-state index in [-0.39, 0.29) is 18.4 Å². The number of carbonyl (C=O) groups is 2. The molecule has 0 radical (unpaired) electrons. The first-order valence-electron chi connectivity index (χ1n) is 9.98. The Kier molecular flexibility index (Phi) is 5.50. The van der Waals surface area contributed by atoms with Gasteiger partial charge in [-0.2, -0.15) is 5.10 Å². The number of hydrogen-bond donors (Lipinski definition) is 2. The van der Waals surface area contributed by atoms with E-state index in [1.807, 2.05) is 13.1 Å². The molecule has 0 unspecified atom stereocenters. The molecule has 8 heteroatoms. The summed E-state index contributed by atoms with van der Waals surface area (Å²) >= 11 is 0. The van der Waals surface area contributed by atoms with Crippen molar-refractivity contribution in [3.8, 4) is 0 Å². The lowest BCUT2D eigenvalue weighted by molar-refractivity contribution is -0.122. The van der Waals surface area contributed by atoms with Gasteiger partial charge in [-0.1, -0.05) is 24.3 Å².